The minimum atomic E-state index is -0.757. The minimum absolute atomic E-state index is 0.195. The second kappa shape index (κ2) is 9.05. The van der Waals surface area contributed by atoms with Crippen LogP contribution in [0.2, 0.25) is 0 Å². The maximum atomic E-state index is 11.7. The molecule has 6 N–H and O–H groups in total. The smallest absolute Gasteiger partial charge is 0.317 e. The van der Waals surface area contributed by atoms with Gasteiger partial charge in [-0.05, 0) is 31.0 Å². The van der Waals surface area contributed by atoms with E-state index in [1.165, 1.54) is 11.3 Å². The molecule has 1 fully saturated rings. The van der Waals surface area contributed by atoms with Crippen molar-refractivity contribution in [2.24, 2.45) is 11.5 Å². The number of hydrogen-bond acceptors (Lipinski definition) is 6. The fourth-order valence-corrected chi connectivity index (χ4v) is 4.23. The Morgan fingerprint density at radius 2 is 1.96 bits per heavy atom. The number of nitrogens with one attached hydrogen (secondary N) is 1. The Balaban J connectivity index is 1.73. The maximum Gasteiger partial charge on any atom is 0.317 e. The predicted molar refractivity (Wildman–Crippen MR) is 109 cm³/mol. The first-order valence-corrected chi connectivity index (χ1v) is 9.88. The summed E-state index contributed by atoms with van der Waals surface area (Å²) in [5.41, 5.74) is 11.6. The van der Waals surface area contributed by atoms with Gasteiger partial charge in [0.25, 0.3) is 5.91 Å². The Bertz CT molecular complexity index is 846. The van der Waals surface area contributed by atoms with Crippen LogP contribution in [0, 0.1) is 0 Å². The topological polar surface area (TPSA) is 131 Å². The van der Waals surface area contributed by atoms with Crippen LogP contribution in [0.25, 0.3) is 10.4 Å². The normalized spacial score (nSPS) is 15.3. The van der Waals surface area contributed by atoms with Crippen molar-refractivity contribution in [3.8, 4) is 16.2 Å². The van der Waals surface area contributed by atoms with E-state index in [0.29, 0.717) is 17.4 Å². The summed E-state index contributed by atoms with van der Waals surface area (Å²) in [5, 5.41) is 12.3. The number of rotatable bonds is 7. The largest absolute Gasteiger partial charge is 0.492 e. The van der Waals surface area contributed by atoms with Crippen LogP contribution < -0.4 is 21.5 Å². The molecule has 1 aliphatic rings. The molecule has 28 heavy (non-hydrogen) atoms. The molecule has 0 radical (unpaired) electrons. The van der Waals surface area contributed by atoms with Crippen LogP contribution in [0.1, 0.15) is 23.2 Å². The molecule has 0 aliphatic carbocycles. The molecule has 2 heterocycles. The summed E-state index contributed by atoms with van der Waals surface area (Å²) in [6, 6.07) is 8.37. The van der Waals surface area contributed by atoms with Crippen molar-refractivity contribution < 1.29 is 19.4 Å². The third-order valence-corrected chi connectivity index (χ3v) is 5.69. The average Bonchev–Trinajstić information content (AvgIpc) is 3.07. The highest BCUT2D eigenvalue weighted by molar-refractivity contribution is 7.20. The van der Waals surface area contributed by atoms with Gasteiger partial charge < -0.3 is 21.3 Å². The van der Waals surface area contributed by atoms with E-state index in [-0.39, 0.29) is 11.7 Å². The fourth-order valence-electron chi connectivity index (χ4n) is 3.14. The average molecular weight is 404 g/mol. The quantitative estimate of drug-likeness (QED) is 0.559. The van der Waals surface area contributed by atoms with Crippen LogP contribution in [0.4, 0.5) is 9.80 Å². The lowest BCUT2D eigenvalue weighted by atomic mass is 10.1. The number of anilines is 1. The zero-order chi connectivity index (χ0) is 20.1. The highest BCUT2D eigenvalue weighted by atomic mass is 32.1. The van der Waals surface area contributed by atoms with Crippen LogP contribution in [0.5, 0.6) is 5.75 Å². The van der Waals surface area contributed by atoms with Gasteiger partial charge in [-0.15, -0.1) is 11.3 Å². The number of nitrogens with zero attached hydrogens (tertiary/aromatic N) is 1. The van der Waals surface area contributed by atoms with E-state index in [1.807, 2.05) is 24.3 Å². The molecule has 0 atom stereocenters. The summed E-state index contributed by atoms with van der Waals surface area (Å²) in [6.07, 6.45) is 1.38. The van der Waals surface area contributed by atoms with E-state index in [0.717, 1.165) is 42.9 Å². The number of carbonyl (C=O) groups excluding carboxylic acids is 2. The van der Waals surface area contributed by atoms with Crippen LogP contribution >= 0.6 is 11.3 Å². The number of carbonyl (C=O) groups is 2. The van der Waals surface area contributed by atoms with Crippen LogP contribution in [0.3, 0.4) is 0 Å². The Morgan fingerprint density at radius 3 is 2.64 bits per heavy atom. The second-order valence-electron chi connectivity index (χ2n) is 6.62. The van der Waals surface area contributed by atoms with Crippen LogP contribution in [-0.4, -0.2) is 54.3 Å². The number of ether oxygens (including phenoxy) is 1. The summed E-state index contributed by atoms with van der Waals surface area (Å²) in [7, 11) is 0. The number of benzene rings is 1. The number of nitrogens with two attached hydrogens (primary N) is 2. The van der Waals surface area contributed by atoms with E-state index >= 15 is 0 Å². The standard InChI is InChI=1S/C19H24N4O4S/c20-17(25)14-11-16(28-18(14)22-19(21)26)13-3-1-2-4-15(13)27-10-9-23-7-5-12(24)6-8-23/h1-4,11-12,24H,5-10H2,(H2,20,25)(H3,21,22,26). The lowest BCUT2D eigenvalue weighted by Crippen LogP contribution is -2.38. The van der Waals surface area contributed by atoms with Gasteiger partial charge in [-0.3, -0.25) is 15.0 Å². The molecule has 1 aliphatic heterocycles. The van der Waals surface area contributed by atoms with Crippen molar-refractivity contribution in [3.05, 3.63) is 35.9 Å². The third-order valence-electron chi connectivity index (χ3n) is 4.61. The molecule has 0 unspecified atom stereocenters. The SMILES string of the molecule is NC(=O)Nc1sc(-c2ccccc2OCCN2CCC(O)CC2)cc1C(N)=O. The van der Waals surface area contributed by atoms with Gasteiger partial charge in [-0.25, -0.2) is 4.79 Å². The Labute approximate surface area is 167 Å². The summed E-state index contributed by atoms with van der Waals surface area (Å²) in [4.78, 5) is 25.9. The molecule has 1 aromatic carbocycles. The molecule has 9 heteroatoms. The first kappa shape index (κ1) is 20.1. The zero-order valence-electron chi connectivity index (χ0n) is 15.4. The predicted octanol–water partition coefficient (Wildman–Crippen LogP) is 1.84. The molecule has 0 bridgehead atoms. The monoisotopic (exact) mass is 404 g/mol. The number of amides is 3. The number of thiophene rings is 1. The van der Waals surface area contributed by atoms with Crippen molar-refractivity contribution in [3.63, 3.8) is 0 Å². The number of piperidine rings is 1. The van der Waals surface area contributed by atoms with Gasteiger partial charge in [-0.2, -0.15) is 0 Å². The highest BCUT2D eigenvalue weighted by Crippen LogP contribution is 2.39. The molecule has 0 spiro atoms. The Morgan fingerprint density at radius 1 is 1.25 bits per heavy atom. The van der Waals surface area contributed by atoms with Gasteiger partial charge >= 0.3 is 6.03 Å². The summed E-state index contributed by atoms with van der Waals surface area (Å²) >= 11 is 1.21. The Kier molecular flexibility index (Phi) is 6.50. The maximum absolute atomic E-state index is 11.7. The summed E-state index contributed by atoms with van der Waals surface area (Å²) in [5.74, 6) is 0.0411. The van der Waals surface area contributed by atoms with E-state index < -0.39 is 11.9 Å². The lowest BCUT2D eigenvalue weighted by molar-refractivity contribution is 0.0755. The number of likely N-dealkylation sites (tertiary alicyclic amines) is 1. The molecular formula is C19H24N4O4S. The molecule has 1 aromatic heterocycles. The molecule has 1 saturated heterocycles. The first-order valence-electron chi connectivity index (χ1n) is 9.06. The van der Waals surface area contributed by atoms with Crippen molar-refractivity contribution >= 4 is 28.3 Å². The molecule has 150 valence electrons. The number of hydrogen-bond donors (Lipinski definition) is 4. The molecule has 3 rings (SSSR count). The van der Waals surface area contributed by atoms with Crippen LogP contribution in [0.15, 0.2) is 30.3 Å². The fraction of sp³-hybridized carbons (Fsp3) is 0.368. The lowest BCUT2D eigenvalue weighted by Gasteiger charge is -2.29. The molecule has 0 saturated carbocycles. The third kappa shape index (κ3) is 5.00. The van der Waals surface area contributed by atoms with E-state index in [4.69, 9.17) is 16.2 Å². The van der Waals surface area contributed by atoms with Gasteiger partial charge in [0.1, 0.15) is 17.4 Å². The second-order valence-corrected chi connectivity index (χ2v) is 7.68. The zero-order valence-corrected chi connectivity index (χ0v) is 16.2. The summed E-state index contributed by atoms with van der Waals surface area (Å²) in [6.45, 7) is 3.00. The van der Waals surface area contributed by atoms with E-state index in [1.54, 1.807) is 6.07 Å². The van der Waals surface area contributed by atoms with Crippen molar-refractivity contribution in [2.75, 3.05) is 31.6 Å². The number of urea groups is 1. The number of aliphatic hydroxyl groups is 1. The van der Waals surface area contributed by atoms with Gasteiger partial charge in [0, 0.05) is 30.1 Å². The summed E-state index contributed by atoms with van der Waals surface area (Å²) < 4.78 is 5.99. The minimum Gasteiger partial charge on any atom is -0.492 e. The highest BCUT2D eigenvalue weighted by Gasteiger charge is 2.19. The Hall–Kier alpha value is -2.62. The molecule has 3 amide bonds. The number of aliphatic hydroxyl groups excluding tert-OH is 1. The number of para-hydroxylation sites is 1. The molecular weight excluding hydrogens is 380 g/mol. The van der Waals surface area contributed by atoms with Gasteiger partial charge in [-0.1, -0.05) is 12.1 Å². The number of primary amides is 2. The van der Waals surface area contributed by atoms with Crippen molar-refractivity contribution in [1.29, 1.82) is 0 Å². The van der Waals surface area contributed by atoms with E-state index in [9.17, 15) is 14.7 Å². The molecule has 8 nitrogen and oxygen atoms in total. The first-order chi connectivity index (χ1) is 13.4. The van der Waals surface area contributed by atoms with Crippen molar-refractivity contribution in [2.45, 2.75) is 18.9 Å². The van der Waals surface area contributed by atoms with Gasteiger partial charge in [0.15, 0.2) is 0 Å². The van der Waals surface area contributed by atoms with Gasteiger partial charge in [0.05, 0.1) is 11.7 Å². The van der Waals surface area contributed by atoms with Crippen molar-refractivity contribution in [1.82, 2.24) is 4.90 Å². The van der Waals surface area contributed by atoms with E-state index in [2.05, 4.69) is 10.2 Å². The van der Waals surface area contributed by atoms with Gasteiger partial charge in [0.2, 0.25) is 0 Å². The molecule has 2 aromatic rings. The van der Waals surface area contributed by atoms with Crippen LogP contribution in [-0.2, 0) is 0 Å².